The van der Waals surface area contributed by atoms with Crippen LogP contribution < -0.4 is 5.32 Å². The Morgan fingerprint density at radius 1 is 1.24 bits per heavy atom. The van der Waals surface area contributed by atoms with Crippen molar-refractivity contribution in [1.82, 2.24) is 15.1 Å². The lowest BCUT2D eigenvalue weighted by atomic mass is 10.1. The van der Waals surface area contributed by atoms with Crippen LogP contribution in [0, 0.1) is 6.92 Å². The van der Waals surface area contributed by atoms with E-state index in [0.29, 0.717) is 5.89 Å². The molecule has 0 saturated carbocycles. The van der Waals surface area contributed by atoms with Crippen LogP contribution in [0.5, 0.6) is 0 Å². The van der Waals surface area contributed by atoms with Gasteiger partial charge in [0.05, 0.1) is 0 Å². The zero-order valence-corrected chi connectivity index (χ0v) is 15.7. The number of aliphatic carboxylic acids is 1. The Bertz CT molecular complexity index is 943. The van der Waals surface area contributed by atoms with Crippen molar-refractivity contribution in [2.24, 2.45) is 0 Å². The molecule has 0 aliphatic rings. The zero-order valence-electron chi connectivity index (χ0n) is 15.7. The van der Waals surface area contributed by atoms with Crippen molar-refractivity contribution in [3.8, 4) is 11.5 Å². The summed E-state index contributed by atoms with van der Waals surface area (Å²) in [7, 11) is 0. The maximum absolute atomic E-state index is 10.6. The largest absolute Gasteiger partial charge is 0.490 e. The first kappa shape index (κ1) is 21.9. The molecule has 0 aliphatic heterocycles. The number of carbonyl (C=O) groups is 1. The normalized spacial score (nSPS) is 10.8. The van der Waals surface area contributed by atoms with Gasteiger partial charge in [-0.25, -0.2) is 4.79 Å². The molecule has 0 unspecified atom stereocenters. The van der Waals surface area contributed by atoms with Gasteiger partial charge in [0, 0.05) is 36.6 Å². The maximum atomic E-state index is 10.6. The van der Waals surface area contributed by atoms with Crippen molar-refractivity contribution < 1.29 is 27.6 Å². The van der Waals surface area contributed by atoms with Gasteiger partial charge < -0.3 is 14.9 Å². The fraction of sp³-hybridized carbons (Fsp3) is 0.263. The van der Waals surface area contributed by atoms with Crippen LogP contribution >= 0.6 is 0 Å². The second kappa shape index (κ2) is 9.67. The number of benzene rings is 1. The van der Waals surface area contributed by atoms with Gasteiger partial charge in [-0.05, 0) is 36.2 Å². The first-order chi connectivity index (χ1) is 13.7. The first-order valence-corrected chi connectivity index (χ1v) is 8.57. The molecule has 1 aromatic carbocycles. The van der Waals surface area contributed by atoms with Gasteiger partial charge in [0.15, 0.2) is 5.82 Å². The molecular formula is C19H19F3N4O3. The van der Waals surface area contributed by atoms with E-state index in [1.54, 1.807) is 6.20 Å². The van der Waals surface area contributed by atoms with Gasteiger partial charge in [0.2, 0.25) is 0 Å². The molecule has 2 N–H and O–H groups in total. The van der Waals surface area contributed by atoms with E-state index < -0.39 is 12.1 Å². The number of carboxylic acids is 1. The van der Waals surface area contributed by atoms with Crippen LogP contribution in [0.2, 0.25) is 0 Å². The van der Waals surface area contributed by atoms with E-state index in [4.69, 9.17) is 14.4 Å². The Morgan fingerprint density at radius 3 is 2.52 bits per heavy atom. The molecule has 2 heterocycles. The predicted molar refractivity (Wildman–Crippen MR) is 99.1 cm³/mol. The van der Waals surface area contributed by atoms with E-state index in [0.717, 1.165) is 41.2 Å². The third kappa shape index (κ3) is 6.30. The fourth-order valence-electron chi connectivity index (χ4n) is 2.27. The van der Waals surface area contributed by atoms with Crippen molar-refractivity contribution >= 4 is 11.7 Å². The Morgan fingerprint density at radius 2 is 1.97 bits per heavy atom. The number of halogens is 3. The number of carboxylic acid groups (broad SMARTS) is 1. The molecule has 10 heteroatoms. The second-order valence-corrected chi connectivity index (χ2v) is 5.87. The number of hydrogen-bond donors (Lipinski definition) is 2. The highest BCUT2D eigenvalue weighted by atomic mass is 19.4. The molecule has 29 heavy (non-hydrogen) atoms. The van der Waals surface area contributed by atoms with E-state index in [1.807, 2.05) is 43.5 Å². The van der Waals surface area contributed by atoms with Crippen LogP contribution in [0.4, 0.5) is 18.9 Å². The quantitative estimate of drug-likeness (QED) is 0.651. The Labute approximate surface area is 164 Å². The third-order valence-electron chi connectivity index (χ3n) is 3.80. The summed E-state index contributed by atoms with van der Waals surface area (Å²) in [6.07, 6.45) is -0.685. The molecular weight excluding hydrogens is 389 g/mol. The van der Waals surface area contributed by atoms with Crippen molar-refractivity contribution in [2.75, 3.05) is 5.32 Å². The number of hydrogen-bond acceptors (Lipinski definition) is 6. The molecule has 0 amide bonds. The molecule has 0 bridgehead atoms. The van der Waals surface area contributed by atoms with Crippen molar-refractivity contribution in [1.29, 1.82) is 0 Å². The highest BCUT2D eigenvalue weighted by molar-refractivity contribution is 5.73. The van der Waals surface area contributed by atoms with Gasteiger partial charge in [0.1, 0.15) is 0 Å². The molecule has 0 atom stereocenters. The molecule has 0 spiro atoms. The average molecular weight is 408 g/mol. The van der Waals surface area contributed by atoms with Crippen molar-refractivity contribution in [3.05, 3.63) is 59.7 Å². The molecule has 3 rings (SSSR count). The van der Waals surface area contributed by atoms with E-state index >= 15 is 0 Å². The second-order valence-electron chi connectivity index (χ2n) is 5.87. The van der Waals surface area contributed by atoms with Gasteiger partial charge in [-0.2, -0.15) is 18.2 Å². The maximum Gasteiger partial charge on any atom is 0.490 e. The number of aryl methyl sites for hydroxylation is 1. The predicted octanol–water partition coefficient (Wildman–Crippen LogP) is 4.25. The molecule has 0 aliphatic carbocycles. The van der Waals surface area contributed by atoms with Crippen LogP contribution in [0.3, 0.4) is 0 Å². The van der Waals surface area contributed by atoms with E-state index in [-0.39, 0.29) is 0 Å². The van der Waals surface area contributed by atoms with Gasteiger partial charge >= 0.3 is 12.1 Å². The standard InChI is InChI=1S/C17H18N4O.C2HF3O2/c1-3-16-20-17(22-21-16)14-7-4-8-15(12(14)2)19-11-13-6-5-9-18-10-13;3-2(4,5)1(6)7/h4-10,19H,3,11H2,1-2H3;(H,6,7). The average Bonchev–Trinajstić information content (AvgIpc) is 3.17. The Hall–Kier alpha value is -3.43. The monoisotopic (exact) mass is 408 g/mol. The minimum absolute atomic E-state index is 0.569. The van der Waals surface area contributed by atoms with E-state index in [9.17, 15) is 13.2 Å². The van der Waals surface area contributed by atoms with Crippen LogP contribution in [0.15, 0.2) is 47.2 Å². The van der Waals surface area contributed by atoms with E-state index in [1.165, 1.54) is 0 Å². The summed E-state index contributed by atoms with van der Waals surface area (Å²) in [5.41, 5.74) is 4.25. The molecule has 0 saturated heterocycles. The van der Waals surface area contributed by atoms with Crippen molar-refractivity contribution in [2.45, 2.75) is 33.0 Å². The number of aromatic nitrogens is 3. The number of alkyl halides is 3. The third-order valence-corrected chi connectivity index (χ3v) is 3.80. The lowest BCUT2D eigenvalue weighted by Gasteiger charge is -2.11. The minimum Gasteiger partial charge on any atom is -0.475 e. The number of pyridine rings is 1. The summed E-state index contributed by atoms with van der Waals surface area (Å²) in [6, 6.07) is 10.0. The molecule has 2 aromatic heterocycles. The van der Waals surface area contributed by atoms with Crippen LogP contribution in [-0.4, -0.2) is 32.4 Å². The van der Waals surface area contributed by atoms with Crippen molar-refractivity contribution in [3.63, 3.8) is 0 Å². The number of nitrogens with zero attached hydrogens (tertiary/aromatic N) is 3. The molecule has 3 aromatic rings. The van der Waals surface area contributed by atoms with Gasteiger partial charge in [-0.15, -0.1) is 0 Å². The van der Waals surface area contributed by atoms with Gasteiger partial charge in [-0.1, -0.05) is 24.2 Å². The number of rotatable bonds is 5. The molecule has 7 nitrogen and oxygen atoms in total. The summed E-state index contributed by atoms with van der Waals surface area (Å²) in [5.74, 6) is -1.46. The van der Waals surface area contributed by atoms with Crippen LogP contribution in [0.25, 0.3) is 11.5 Å². The lowest BCUT2D eigenvalue weighted by molar-refractivity contribution is -0.192. The molecule has 0 radical (unpaired) electrons. The Balaban J connectivity index is 0.000000370. The topological polar surface area (TPSA) is 101 Å². The highest BCUT2D eigenvalue weighted by Crippen LogP contribution is 2.27. The SMILES string of the molecule is CCc1noc(-c2cccc(NCc3cccnc3)c2C)n1.O=C(O)C(F)(F)F. The summed E-state index contributed by atoms with van der Waals surface area (Å²) < 4.78 is 37.1. The van der Waals surface area contributed by atoms with Gasteiger partial charge in [-0.3, -0.25) is 4.98 Å². The summed E-state index contributed by atoms with van der Waals surface area (Å²) in [5, 5.41) is 14.5. The zero-order chi connectivity index (χ0) is 21.4. The van der Waals surface area contributed by atoms with Crippen LogP contribution in [0.1, 0.15) is 23.9 Å². The summed E-state index contributed by atoms with van der Waals surface area (Å²) >= 11 is 0. The van der Waals surface area contributed by atoms with Gasteiger partial charge in [0.25, 0.3) is 5.89 Å². The smallest absolute Gasteiger partial charge is 0.475 e. The number of nitrogens with one attached hydrogen (secondary N) is 1. The summed E-state index contributed by atoms with van der Waals surface area (Å²) in [6.45, 7) is 4.78. The number of anilines is 1. The Kier molecular flexibility index (Phi) is 7.29. The fourth-order valence-corrected chi connectivity index (χ4v) is 2.27. The van der Waals surface area contributed by atoms with Crippen LogP contribution in [-0.2, 0) is 17.8 Å². The first-order valence-electron chi connectivity index (χ1n) is 8.57. The summed E-state index contributed by atoms with van der Waals surface area (Å²) in [4.78, 5) is 17.4. The molecule has 154 valence electrons. The van der Waals surface area contributed by atoms with E-state index in [2.05, 4.69) is 27.4 Å². The highest BCUT2D eigenvalue weighted by Gasteiger charge is 2.38. The minimum atomic E-state index is -5.08. The lowest BCUT2D eigenvalue weighted by Crippen LogP contribution is -2.21. The molecule has 0 fully saturated rings.